The summed E-state index contributed by atoms with van der Waals surface area (Å²) >= 11 is 6.13. The first-order chi connectivity index (χ1) is 14.6. The van der Waals surface area contributed by atoms with Gasteiger partial charge in [0.15, 0.2) is 0 Å². The van der Waals surface area contributed by atoms with Gasteiger partial charge in [0.2, 0.25) is 0 Å². The van der Waals surface area contributed by atoms with E-state index < -0.39 is 5.60 Å². The van der Waals surface area contributed by atoms with Gasteiger partial charge >= 0.3 is 0 Å². The lowest BCUT2D eigenvalue weighted by atomic mass is 9.85. The minimum Gasteiger partial charge on any atom is -0.390 e. The van der Waals surface area contributed by atoms with Gasteiger partial charge in [-0.1, -0.05) is 54.1 Å². The van der Waals surface area contributed by atoms with E-state index in [9.17, 15) is 5.11 Å². The molecule has 2 aromatic rings. The number of aliphatic hydroxyl groups is 1. The number of likely N-dealkylation sites (tertiary alicyclic amines) is 2. The van der Waals surface area contributed by atoms with Crippen LogP contribution in [-0.2, 0) is 13.0 Å². The van der Waals surface area contributed by atoms with Crippen molar-refractivity contribution in [1.82, 2.24) is 9.80 Å². The Morgan fingerprint density at radius 1 is 0.933 bits per heavy atom. The van der Waals surface area contributed by atoms with Gasteiger partial charge in [-0.05, 0) is 74.2 Å². The van der Waals surface area contributed by atoms with E-state index in [-0.39, 0.29) is 0 Å². The fourth-order valence-electron chi connectivity index (χ4n) is 5.13. The van der Waals surface area contributed by atoms with Crippen molar-refractivity contribution in [2.75, 3.05) is 32.7 Å². The quantitative estimate of drug-likeness (QED) is 0.642. The molecule has 4 heteroatoms. The molecule has 30 heavy (non-hydrogen) atoms. The first kappa shape index (κ1) is 21.8. The molecule has 4 rings (SSSR count). The molecule has 0 radical (unpaired) electrons. The molecule has 0 aromatic heterocycles. The van der Waals surface area contributed by atoms with E-state index in [0.717, 1.165) is 62.7 Å². The number of benzene rings is 2. The summed E-state index contributed by atoms with van der Waals surface area (Å²) in [5.41, 5.74) is 2.23. The van der Waals surface area contributed by atoms with Crippen molar-refractivity contribution >= 4 is 11.6 Å². The third-order valence-corrected chi connectivity index (χ3v) is 7.15. The van der Waals surface area contributed by atoms with E-state index >= 15 is 0 Å². The lowest BCUT2D eigenvalue weighted by molar-refractivity contribution is -0.0313. The van der Waals surface area contributed by atoms with E-state index in [1.54, 1.807) is 0 Å². The number of piperidine rings is 1. The molecule has 0 amide bonds. The zero-order valence-electron chi connectivity index (χ0n) is 18.0. The SMILES string of the molecule is OC1(CCCc2ccccc2)CCN(CC2CCN(Cc3cccc(Cl)c3)C2)CC1. The van der Waals surface area contributed by atoms with Crippen LogP contribution in [0.4, 0.5) is 0 Å². The topological polar surface area (TPSA) is 26.7 Å². The van der Waals surface area contributed by atoms with Crippen molar-refractivity contribution in [3.05, 3.63) is 70.7 Å². The normalized spacial score (nSPS) is 22.4. The Labute approximate surface area is 186 Å². The second-order valence-corrected chi connectivity index (χ2v) is 9.82. The predicted octanol–water partition coefficient (Wildman–Crippen LogP) is 5.01. The number of rotatable bonds is 8. The van der Waals surface area contributed by atoms with Crippen LogP contribution in [0.15, 0.2) is 54.6 Å². The predicted molar refractivity (Wildman–Crippen MR) is 125 cm³/mol. The molecule has 0 spiro atoms. The van der Waals surface area contributed by atoms with Gasteiger partial charge < -0.3 is 10.0 Å². The molecular formula is C26H35ClN2O. The van der Waals surface area contributed by atoms with Gasteiger partial charge in [0.25, 0.3) is 0 Å². The summed E-state index contributed by atoms with van der Waals surface area (Å²) in [5, 5.41) is 11.8. The highest BCUT2D eigenvalue weighted by atomic mass is 35.5. The Bertz CT molecular complexity index is 789. The van der Waals surface area contributed by atoms with Crippen molar-refractivity contribution in [1.29, 1.82) is 0 Å². The molecule has 1 unspecified atom stereocenters. The molecule has 162 valence electrons. The van der Waals surface area contributed by atoms with Crippen LogP contribution >= 0.6 is 11.6 Å². The second kappa shape index (κ2) is 10.3. The van der Waals surface area contributed by atoms with Gasteiger partial charge in [0.1, 0.15) is 0 Å². The molecule has 2 aliphatic heterocycles. The summed E-state index contributed by atoms with van der Waals surface area (Å²) in [7, 11) is 0. The molecule has 2 heterocycles. The van der Waals surface area contributed by atoms with Crippen LogP contribution in [0.1, 0.15) is 43.2 Å². The van der Waals surface area contributed by atoms with E-state index in [1.807, 2.05) is 12.1 Å². The van der Waals surface area contributed by atoms with Crippen molar-refractivity contribution in [2.24, 2.45) is 5.92 Å². The lowest BCUT2D eigenvalue weighted by Gasteiger charge is -2.39. The summed E-state index contributed by atoms with van der Waals surface area (Å²) in [6, 6.07) is 18.9. The Morgan fingerprint density at radius 3 is 2.47 bits per heavy atom. The lowest BCUT2D eigenvalue weighted by Crippen LogP contribution is -2.46. The van der Waals surface area contributed by atoms with Crippen LogP contribution in [-0.4, -0.2) is 53.2 Å². The van der Waals surface area contributed by atoms with Gasteiger partial charge in [-0.25, -0.2) is 0 Å². The first-order valence-electron chi connectivity index (χ1n) is 11.5. The standard InChI is InChI=1S/C26H35ClN2O/c27-25-10-4-8-23(18-25)19-29-15-11-24(21-29)20-28-16-13-26(30,14-17-28)12-5-9-22-6-2-1-3-7-22/h1-4,6-8,10,18,24,30H,5,9,11-17,19-21H2. The highest BCUT2D eigenvalue weighted by Crippen LogP contribution is 2.29. The molecule has 1 atom stereocenters. The monoisotopic (exact) mass is 426 g/mol. The molecule has 0 aliphatic carbocycles. The largest absolute Gasteiger partial charge is 0.390 e. The molecule has 2 saturated heterocycles. The van der Waals surface area contributed by atoms with Gasteiger partial charge in [-0.15, -0.1) is 0 Å². The maximum atomic E-state index is 11.0. The number of aryl methyl sites for hydroxylation is 1. The van der Waals surface area contributed by atoms with Crippen LogP contribution < -0.4 is 0 Å². The van der Waals surface area contributed by atoms with E-state index in [4.69, 9.17) is 11.6 Å². The molecular weight excluding hydrogens is 392 g/mol. The smallest absolute Gasteiger partial charge is 0.0672 e. The fraction of sp³-hybridized carbons (Fsp3) is 0.538. The van der Waals surface area contributed by atoms with Crippen molar-refractivity contribution in [3.8, 4) is 0 Å². The van der Waals surface area contributed by atoms with Crippen LogP contribution in [0.25, 0.3) is 0 Å². The zero-order chi connectivity index (χ0) is 20.8. The highest BCUT2D eigenvalue weighted by molar-refractivity contribution is 6.30. The van der Waals surface area contributed by atoms with Crippen molar-refractivity contribution in [3.63, 3.8) is 0 Å². The summed E-state index contributed by atoms with van der Waals surface area (Å²) in [6.07, 6.45) is 6.17. The van der Waals surface area contributed by atoms with E-state index in [0.29, 0.717) is 0 Å². The molecule has 2 aliphatic rings. The van der Waals surface area contributed by atoms with Gasteiger partial charge in [0.05, 0.1) is 5.60 Å². The molecule has 3 nitrogen and oxygen atoms in total. The minimum absolute atomic E-state index is 0.459. The zero-order valence-corrected chi connectivity index (χ0v) is 18.7. The van der Waals surface area contributed by atoms with Crippen molar-refractivity contribution in [2.45, 2.75) is 50.7 Å². The third-order valence-electron chi connectivity index (χ3n) is 6.92. The van der Waals surface area contributed by atoms with Gasteiger partial charge in [0, 0.05) is 37.7 Å². The van der Waals surface area contributed by atoms with Gasteiger partial charge in [-0.2, -0.15) is 0 Å². The maximum absolute atomic E-state index is 11.0. The molecule has 0 bridgehead atoms. The number of halogens is 1. The molecule has 0 saturated carbocycles. The number of hydrogen-bond acceptors (Lipinski definition) is 3. The van der Waals surface area contributed by atoms with E-state index in [2.05, 4.69) is 52.3 Å². The third kappa shape index (κ3) is 6.31. The summed E-state index contributed by atoms with van der Waals surface area (Å²) in [5.74, 6) is 0.744. The Balaban J connectivity index is 1.16. The first-order valence-corrected chi connectivity index (χ1v) is 11.9. The van der Waals surface area contributed by atoms with Crippen LogP contribution in [0, 0.1) is 5.92 Å². The number of nitrogens with zero attached hydrogens (tertiary/aromatic N) is 2. The Morgan fingerprint density at radius 2 is 1.70 bits per heavy atom. The van der Waals surface area contributed by atoms with Crippen molar-refractivity contribution < 1.29 is 5.11 Å². The Hall–Kier alpha value is -1.39. The number of hydrogen-bond donors (Lipinski definition) is 1. The Kier molecular flexibility index (Phi) is 7.48. The summed E-state index contributed by atoms with van der Waals surface area (Å²) in [4.78, 5) is 5.14. The molecule has 1 N–H and O–H groups in total. The maximum Gasteiger partial charge on any atom is 0.0672 e. The minimum atomic E-state index is -0.459. The van der Waals surface area contributed by atoms with Crippen LogP contribution in [0.2, 0.25) is 5.02 Å². The highest BCUT2D eigenvalue weighted by Gasteiger charge is 2.33. The van der Waals surface area contributed by atoms with Gasteiger partial charge in [-0.3, -0.25) is 4.90 Å². The van der Waals surface area contributed by atoms with Crippen LogP contribution in [0.3, 0.4) is 0 Å². The summed E-state index contributed by atoms with van der Waals surface area (Å²) in [6.45, 7) is 6.59. The fourth-order valence-corrected chi connectivity index (χ4v) is 5.35. The average Bonchev–Trinajstić information content (AvgIpc) is 3.17. The summed E-state index contributed by atoms with van der Waals surface area (Å²) < 4.78 is 0. The second-order valence-electron chi connectivity index (χ2n) is 9.38. The molecule has 2 fully saturated rings. The van der Waals surface area contributed by atoms with E-state index in [1.165, 1.54) is 37.2 Å². The molecule has 2 aromatic carbocycles. The van der Waals surface area contributed by atoms with Crippen LogP contribution in [0.5, 0.6) is 0 Å². The average molecular weight is 427 g/mol.